The molecule has 5 aromatic rings. The zero-order valence-corrected chi connectivity index (χ0v) is 24.1. The average Bonchev–Trinajstić information content (AvgIpc) is 3.42. The Bertz CT molecular complexity index is 1940. The van der Waals surface area contributed by atoms with Gasteiger partial charge in [0.05, 0.1) is 24.0 Å². The Morgan fingerprint density at radius 3 is 2.63 bits per heavy atom. The van der Waals surface area contributed by atoms with E-state index in [-0.39, 0.29) is 18.0 Å². The second-order valence-corrected chi connectivity index (χ2v) is 12.3. The van der Waals surface area contributed by atoms with Crippen LogP contribution in [0, 0.1) is 17.7 Å². The lowest BCUT2D eigenvalue weighted by Crippen LogP contribution is -2.41. The quantitative estimate of drug-likeness (QED) is 0.290. The molecule has 220 valence electrons. The van der Waals surface area contributed by atoms with Crippen molar-refractivity contribution in [2.75, 3.05) is 13.7 Å². The number of ether oxygens (including phenoxy) is 1. The lowest BCUT2D eigenvalue weighted by Gasteiger charge is -2.27. The molecule has 2 aliphatic carbocycles. The van der Waals surface area contributed by atoms with Crippen molar-refractivity contribution < 1.29 is 19.0 Å². The third-order valence-corrected chi connectivity index (χ3v) is 9.67. The molecule has 3 aromatic heterocycles. The number of amides is 1. The van der Waals surface area contributed by atoms with E-state index in [4.69, 9.17) is 20.4 Å². The van der Waals surface area contributed by atoms with Gasteiger partial charge in [-0.15, -0.1) is 0 Å². The van der Waals surface area contributed by atoms with Crippen LogP contribution in [-0.4, -0.2) is 60.8 Å². The Morgan fingerprint density at radius 1 is 1.09 bits per heavy atom. The molecule has 3 fully saturated rings. The number of aryl methyl sites for hydroxylation is 1. The summed E-state index contributed by atoms with van der Waals surface area (Å²) in [6, 6.07) is 14.1. The number of benzene rings is 2. The molecule has 10 heteroatoms. The van der Waals surface area contributed by atoms with Crippen molar-refractivity contribution in [2.45, 2.75) is 44.3 Å². The van der Waals surface area contributed by atoms with Crippen LogP contribution >= 0.6 is 0 Å². The number of phenolic OH excluding ortho intramolecular Hbond substituents is 1. The van der Waals surface area contributed by atoms with Gasteiger partial charge in [-0.3, -0.25) is 4.79 Å². The largest absolute Gasteiger partial charge is 0.505 e. The van der Waals surface area contributed by atoms with E-state index in [1.165, 1.54) is 12.1 Å². The molecule has 43 heavy (non-hydrogen) atoms. The molecule has 3 aliphatic rings. The molecule has 2 saturated carbocycles. The topological polar surface area (TPSA) is 111 Å². The third-order valence-electron chi connectivity index (χ3n) is 9.67. The van der Waals surface area contributed by atoms with Crippen LogP contribution < -0.4 is 10.5 Å². The minimum absolute atomic E-state index is 0.0264. The van der Waals surface area contributed by atoms with Crippen molar-refractivity contribution in [1.29, 1.82) is 0 Å². The number of hydrogen-bond donors (Lipinski definition) is 2. The molecule has 9 nitrogen and oxygen atoms in total. The van der Waals surface area contributed by atoms with Gasteiger partial charge in [-0.25, -0.2) is 14.4 Å². The highest BCUT2D eigenvalue weighted by Gasteiger charge is 2.47. The number of carbonyl (C=O) groups excluding carboxylic acids is 1. The molecule has 0 radical (unpaired) electrons. The number of imidazole rings is 1. The first-order chi connectivity index (χ1) is 20.8. The monoisotopic (exact) mass is 580 g/mol. The van der Waals surface area contributed by atoms with Crippen molar-refractivity contribution in [3.63, 3.8) is 0 Å². The van der Waals surface area contributed by atoms with Crippen LogP contribution in [0.4, 0.5) is 4.39 Å². The van der Waals surface area contributed by atoms with Crippen LogP contribution in [0.2, 0.25) is 0 Å². The van der Waals surface area contributed by atoms with E-state index in [9.17, 15) is 14.3 Å². The number of likely N-dealkylation sites (tertiary alicyclic amines) is 1. The molecule has 1 amide bonds. The van der Waals surface area contributed by atoms with E-state index < -0.39 is 11.6 Å². The van der Waals surface area contributed by atoms with Gasteiger partial charge in [0.25, 0.3) is 5.91 Å². The third kappa shape index (κ3) is 4.11. The summed E-state index contributed by atoms with van der Waals surface area (Å²) in [5, 5.41) is 10.9. The molecule has 4 heterocycles. The number of aromatic nitrogens is 4. The van der Waals surface area contributed by atoms with Gasteiger partial charge < -0.3 is 29.6 Å². The molecule has 3 N–H and O–H groups in total. The number of halogens is 1. The first-order valence-electron chi connectivity index (χ1n) is 14.9. The minimum Gasteiger partial charge on any atom is -0.505 e. The Morgan fingerprint density at radius 2 is 1.93 bits per heavy atom. The van der Waals surface area contributed by atoms with Gasteiger partial charge in [0.1, 0.15) is 16.9 Å². The summed E-state index contributed by atoms with van der Waals surface area (Å²) in [7, 11) is 3.58. The van der Waals surface area contributed by atoms with Gasteiger partial charge in [-0.05, 0) is 86.1 Å². The number of nitrogens with two attached hydrogens (primary N) is 1. The van der Waals surface area contributed by atoms with Crippen LogP contribution in [0.3, 0.4) is 0 Å². The lowest BCUT2D eigenvalue weighted by atomic mass is 10.1. The number of methoxy groups -OCH3 is 1. The van der Waals surface area contributed by atoms with Gasteiger partial charge in [-0.1, -0.05) is 0 Å². The number of rotatable bonds is 6. The Kier molecular flexibility index (Phi) is 5.81. The van der Waals surface area contributed by atoms with Crippen LogP contribution in [0.5, 0.6) is 11.5 Å². The molecule has 1 aliphatic heterocycles. The number of piperidine rings is 1. The van der Waals surface area contributed by atoms with E-state index in [2.05, 4.69) is 10.6 Å². The highest BCUT2D eigenvalue weighted by atomic mass is 19.1. The normalized spacial score (nSPS) is 21.4. The molecule has 0 spiro atoms. The standard InChI is InChI=1S/C33H33FN6O3/c1-38-30-24(11-21(14-28(30)43-2)33(42)40-16-20-7-10-25(40)29(20)35)37-32(38)26-12-19-6-9-23(18-5-8-22(34)27(41)13-18)36-31(19)39(26)15-17-3-4-17/h5-6,8-9,11-14,17,20,25,29,41H,3-4,7,10,15-16,35H2,1-2H3/t20?,25?,29-/m1/s1. The highest BCUT2D eigenvalue weighted by Crippen LogP contribution is 2.40. The summed E-state index contributed by atoms with van der Waals surface area (Å²) < 4.78 is 23.8. The fourth-order valence-electron chi connectivity index (χ4n) is 7.16. The van der Waals surface area contributed by atoms with Crippen LogP contribution in [0.25, 0.3) is 44.8 Å². The van der Waals surface area contributed by atoms with Crippen LogP contribution in [0.15, 0.2) is 48.5 Å². The fourth-order valence-corrected chi connectivity index (χ4v) is 7.16. The van der Waals surface area contributed by atoms with Crippen molar-refractivity contribution >= 4 is 28.0 Å². The van der Waals surface area contributed by atoms with Crippen molar-refractivity contribution in [1.82, 2.24) is 24.0 Å². The van der Waals surface area contributed by atoms with Gasteiger partial charge in [0.2, 0.25) is 0 Å². The molecular formula is C33H33FN6O3. The highest BCUT2D eigenvalue weighted by molar-refractivity contribution is 6.00. The molecule has 1 saturated heterocycles. The average molecular weight is 581 g/mol. The maximum Gasteiger partial charge on any atom is 0.254 e. The number of hydrogen-bond acceptors (Lipinski definition) is 6. The van der Waals surface area contributed by atoms with Crippen LogP contribution in [0.1, 0.15) is 36.0 Å². The predicted octanol–water partition coefficient (Wildman–Crippen LogP) is 5.08. The first kappa shape index (κ1) is 26.2. The maximum absolute atomic E-state index is 13.7. The summed E-state index contributed by atoms with van der Waals surface area (Å²) in [6.07, 6.45) is 4.36. The maximum atomic E-state index is 13.7. The second kappa shape index (κ2) is 9.54. The zero-order chi connectivity index (χ0) is 29.6. The molecule has 2 bridgehead atoms. The van der Waals surface area contributed by atoms with E-state index in [1.54, 1.807) is 13.2 Å². The summed E-state index contributed by atoms with van der Waals surface area (Å²) in [6.45, 7) is 1.50. The number of carbonyl (C=O) groups is 1. The fraction of sp³-hybridized carbons (Fsp3) is 0.364. The number of nitrogens with zero attached hydrogens (tertiary/aromatic N) is 5. The van der Waals surface area contributed by atoms with Gasteiger partial charge in [0.15, 0.2) is 17.4 Å². The smallest absolute Gasteiger partial charge is 0.254 e. The second-order valence-electron chi connectivity index (χ2n) is 12.3. The van der Waals surface area contributed by atoms with Gasteiger partial charge in [0, 0.05) is 48.7 Å². The minimum atomic E-state index is -0.664. The molecule has 3 atom stereocenters. The summed E-state index contributed by atoms with van der Waals surface area (Å²) >= 11 is 0. The SMILES string of the molecule is COc1cc(C(=O)N2CC3CCC2[C@@H]3N)cc2nc(-c3cc4ccc(-c5ccc(F)c(O)c5)nc4n3CC3CC3)n(C)c12. The van der Waals surface area contributed by atoms with Crippen molar-refractivity contribution in [2.24, 2.45) is 24.6 Å². The first-order valence-corrected chi connectivity index (χ1v) is 14.9. The Hall–Kier alpha value is -4.44. The summed E-state index contributed by atoms with van der Waals surface area (Å²) in [5.74, 6) is 1.18. The summed E-state index contributed by atoms with van der Waals surface area (Å²) in [5.41, 5.74) is 11.5. The number of aromatic hydroxyl groups is 1. The van der Waals surface area contributed by atoms with Gasteiger partial charge in [-0.2, -0.15) is 0 Å². The van der Waals surface area contributed by atoms with E-state index in [0.717, 1.165) is 60.3 Å². The van der Waals surface area contributed by atoms with Crippen molar-refractivity contribution in [3.8, 4) is 34.3 Å². The Labute approximate surface area is 247 Å². The van der Waals surface area contributed by atoms with Crippen molar-refractivity contribution in [3.05, 3.63) is 59.9 Å². The molecule has 2 unspecified atom stereocenters. The van der Waals surface area contributed by atoms with E-state index in [1.807, 2.05) is 40.8 Å². The van der Waals surface area contributed by atoms with Crippen LogP contribution in [-0.2, 0) is 13.6 Å². The number of pyridine rings is 1. The predicted molar refractivity (Wildman–Crippen MR) is 161 cm³/mol. The molecular weight excluding hydrogens is 547 g/mol. The van der Waals surface area contributed by atoms with Gasteiger partial charge >= 0.3 is 0 Å². The number of phenols is 1. The summed E-state index contributed by atoms with van der Waals surface area (Å²) in [4.78, 5) is 25.7. The Balaban J connectivity index is 1.24. The molecule has 8 rings (SSSR count). The van der Waals surface area contributed by atoms with E-state index >= 15 is 0 Å². The zero-order valence-electron chi connectivity index (χ0n) is 24.1. The number of fused-ring (bicyclic) bond motifs is 4. The van der Waals surface area contributed by atoms with E-state index in [0.29, 0.717) is 46.5 Å². The molecule has 2 aromatic carbocycles. The lowest BCUT2D eigenvalue weighted by molar-refractivity contribution is 0.0700.